The molecule has 3 heterocycles. The Hall–Kier alpha value is -2.70. The van der Waals surface area contributed by atoms with E-state index in [1.165, 1.54) is 26.2 Å². The summed E-state index contributed by atoms with van der Waals surface area (Å²) in [6.07, 6.45) is 3.55. The summed E-state index contributed by atoms with van der Waals surface area (Å²) in [5, 5.41) is 2.52. The molecule has 1 radical (unpaired) electrons. The van der Waals surface area contributed by atoms with Crippen LogP contribution in [0.1, 0.15) is 63.0 Å². The fourth-order valence-corrected chi connectivity index (χ4v) is 9.56. The first-order chi connectivity index (χ1) is 22.2. The van der Waals surface area contributed by atoms with Crippen molar-refractivity contribution in [1.29, 1.82) is 0 Å². The van der Waals surface area contributed by atoms with Gasteiger partial charge in [-0.1, -0.05) is 49.1 Å². The summed E-state index contributed by atoms with van der Waals surface area (Å²) in [7, 11) is 0. The molecule has 0 bridgehead atoms. The van der Waals surface area contributed by atoms with E-state index >= 15 is 0 Å². The van der Waals surface area contributed by atoms with Crippen LogP contribution in [0, 0.1) is 24.8 Å². The molecule has 44 heavy (non-hydrogen) atoms. The minimum atomic E-state index is -2.37. The summed E-state index contributed by atoms with van der Waals surface area (Å²) in [4.78, 5) is 8.93. The molecule has 3 aromatic heterocycles. The van der Waals surface area contributed by atoms with Crippen LogP contribution in [0.5, 0.6) is 0 Å². The number of aromatic nitrogens is 2. The maximum atomic E-state index is 14.5. The van der Waals surface area contributed by atoms with Crippen LogP contribution in [0.3, 0.4) is 0 Å². The van der Waals surface area contributed by atoms with Gasteiger partial charge < -0.3 is 4.98 Å². The summed E-state index contributed by atoms with van der Waals surface area (Å²) in [6.45, 7) is 5.04. The summed E-state index contributed by atoms with van der Waals surface area (Å²) >= 11 is -0.473. The van der Waals surface area contributed by atoms with E-state index in [0.717, 1.165) is 32.8 Å². The van der Waals surface area contributed by atoms with Gasteiger partial charge in [-0.3, -0.25) is 0 Å². The molecule has 6 rings (SSSR count). The van der Waals surface area contributed by atoms with E-state index in [1.54, 1.807) is 43.6 Å². The van der Waals surface area contributed by atoms with E-state index in [1.807, 2.05) is 32.0 Å². The van der Waals surface area contributed by atoms with Gasteiger partial charge in [0.1, 0.15) is 0 Å². The third-order valence-electron chi connectivity index (χ3n) is 7.33. The molecule has 0 N–H and O–H groups in total. The number of thiophene rings is 1. The Bertz CT molecular complexity index is 2110. The Balaban J connectivity index is 0.000000217. The van der Waals surface area contributed by atoms with Gasteiger partial charge >= 0.3 is 135 Å². The molecule has 0 saturated heterocycles. The number of aryl methyl sites for hydroxylation is 1. The minimum Gasteiger partial charge on any atom is 0 e. The van der Waals surface area contributed by atoms with Gasteiger partial charge in [-0.05, 0) is 33.8 Å². The molecule has 0 aliphatic heterocycles. The van der Waals surface area contributed by atoms with Gasteiger partial charge in [0.15, 0.2) is 0 Å². The van der Waals surface area contributed by atoms with Crippen molar-refractivity contribution in [3.8, 4) is 22.5 Å². The van der Waals surface area contributed by atoms with Crippen molar-refractivity contribution < 1.29 is 31.3 Å². The van der Waals surface area contributed by atoms with Crippen LogP contribution in [0.25, 0.3) is 42.7 Å². The predicted molar refractivity (Wildman–Crippen MR) is 186 cm³/mol. The Morgan fingerprint density at radius 2 is 1.64 bits per heavy atom. The van der Waals surface area contributed by atoms with E-state index < -0.39 is 37.7 Å². The molecule has 229 valence electrons. The first-order valence-corrected chi connectivity index (χ1v) is 22.4. The summed E-state index contributed by atoms with van der Waals surface area (Å²) < 4.78 is 56.9. The fraction of sp³-hybridized carbons (Fsp3) is 0.263. The second-order valence-corrected chi connectivity index (χ2v) is 23.7. The molecule has 2 nitrogen and oxygen atoms in total. The number of nitrogens with zero attached hydrogens (tertiary/aromatic N) is 2. The van der Waals surface area contributed by atoms with Gasteiger partial charge in [0.25, 0.3) is 0 Å². The maximum Gasteiger partial charge on any atom is 0 e. The van der Waals surface area contributed by atoms with Crippen molar-refractivity contribution >= 4 is 49.2 Å². The number of benzene rings is 3. The SMILES string of the molecule is [2H]C(C)(C)c1ccnc(-c2[c-]ccc3c2sc2ccccc23)c1.[2H]C([2H])([2H])c1c[c-]c(-c2cc(C([2H])(C)C)[c]([Ge]([CH3])([CH3])[CH3])cn2)c(F)c1.[Ir]. The maximum absolute atomic E-state index is 14.5. The van der Waals surface area contributed by atoms with E-state index in [2.05, 4.69) is 69.7 Å². The quantitative estimate of drug-likeness (QED) is 0.128. The molecule has 0 atom stereocenters. The Labute approximate surface area is 288 Å². The molecule has 0 aliphatic rings. The molecule has 0 unspecified atom stereocenters. The number of halogens is 1. The van der Waals surface area contributed by atoms with Crippen LogP contribution in [0.4, 0.5) is 4.39 Å². The molecule has 0 spiro atoms. The van der Waals surface area contributed by atoms with Gasteiger partial charge in [0.05, 0.1) is 0 Å². The number of fused-ring (bicyclic) bond motifs is 3. The van der Waals surface area contributed by atoms with Crippen LogP contribution in [0.15, 0.2) is 79.1 Å². The first kappa shape index (κ1) is 27.6. The third kappa shape index (κ3) is 7.39. The van der Waals surface area contributed by atoms with Gasteiger partial charge in [0, 0.05) is 32.4 Å². The van der Waals surface area contributed by atoms with Crippen LogP contribution < -0.4 is 4.40 Å². The number of hydrogen-bond donors (Lipinski definition) is 0. The fourth-order valence-electron chi connectivity index (χ4n) is 5.03. The van der Waals surface area contributed by atoms with Crippen LogP contribution in [0.2, 0.25) is 17.3 Å². The molecule has 3 aromatic carbocycles. The second-order valence-electron chi connectivity index (χ2n) is 12.1. The van der Waals surface area contributed by atoms with Gasteiger partial charge in [-0.25, -0.2) is 0 Å². The largest absolute Gasteiger partial charge is 0 e. The van der Waals surface area contributed by atoms with Crippen molar-refractivity contribution in [3.05, 3.63) is 114 Å². The van der Waals surface area contributed by atoms with Gasteiger partial charge in [-0.15, -0.1) is 23.8 Å². The molecule has 6 heteroatoms. The van der Waals surface area contributed by atoms with E-state index in [9.17, 15) is 4.39 Å². The average molecular weight is 845 g/mol. The average Bonchev–Trinajstić information content (AvgIpc) is 3.38. The Morgan fingerprint density at radius 3 is 2.32 bits per heavy atom. The molecular weight excluding hydrogens is 800 g/mol. The van der Waals surface area contributed by atoms with Gasteiger partial charge in [0.2, 0.25) is 0 Å². The third-order valence-corrected chi connectivity index (χ3v) is 12.8. The Morgan fingerprint density at radius 1 is 0.886 bits per heavy atom. The van der Waals surface area contributed by atoms with Crippen molar-refractivity contribution in [2.24, 2.45) is 0 Å². The molecule has 0 saturated carbocycles. The topological polar surface area (TPSA) is 25.8 Å². The number of rotatable bonds is 5. The van der Waals surface area contributed by atoms with Gasteiger partial charge in [-0.2, -0.15) is 11.3 Å². The molecular formula is C38H39FGeIrN2S-2. The van der Waals surface area contributed by atoms with Crippen molar-refractivity contribution in [2.45, 2.75) is 63.6 Å². The zero-order valence-corrected chi connectivity index (χ0v) is 31.3. The molecule has 0 aliphatic carbocycles. The van der Waals surface area contributed by atoms with E-state index in [0.29, 0.717) is 5.69 Å². The van der Waals surface area contributed by atoms with Crippen LogP contribution in [-0.2, 0) is 20.1 Å². The van der Waals surface area contributed by atoms with Crippen molar-refractivity contribution in [1.82, 2.24) is 9.97 Å². The second kappa shape index (κ2) is 14.2. The Kier molecular flexibility index (Phi) is 8.88. The zero-order chi connectivity index (χ0) is 35.2. The molecule has 0 fully saturated rings. The summed E-state index contributed by atoms with van der Waals surface area (Å²) in [5.41, 5.74) is 4.14. The predicted octanol–water partition coefficient (Wildman–Crippen LogP) is 10.7. The standard InChI is InChI=1S/C20H16NS.C18H23FGeN.Ir/c1-13(2)14-10-11-21-18(12-14)17-8-5-7-16-15-6-3-4-9-19(15)22-20(16)17;1-12(2)15-10-18(21-11-17(15)20(4,5)6)14-8-7-13(3)9-16(14)19;/h3-7,9-13H,1-2H3;7,9-12H,1-6H3;/q2*-1;/i13D;3D3,12D;. The number of hydrogen-bond acceptors (Lipinski definition) is 3. The van der Waals surface area contributed by atoms with Crippen LogP contribution >= 0.6 is 11.3 Å². The monoisotopic (exact) mass is 846 g/mol. The first-order valence-electron chi connectivity index (χ1n) is 16.8. The summed E-state index contributed by atoms with van der Waals surface area (Å²) in [5.74, 6) is 4.55. The van der Waals surface area contributed by atoms with Crippen LogP contribution in [-0.4, -0.2) is 23.2 Å². The van der Waals surface area contributed by atoms with E-state index in [-0.39, 0.29) is 31.2 Å². The minimum absolute atomic E-state index is 0. The van der Waals surface area contributed by atoms with E-state index in [4.69, 9.17) is 6.85 Å². The molecule has 6 aromatic rings. The summed E-state index contributed by atoms with van der Waals surface area (Å²) in [6, 6.07) is 26.6. The van der Waals surface area contributed by atoms with Crippen molar-refractivity contribution in [3.63, 3.8) is 0 Å². The smallest absolute Gasteiger partial charge is 0 e. The normalized spacial score (nSPS) is 14.0. The molecule has 0 amide bonds. The van der Waals surface area contributed by atoms with Crippen molar-refractivity contribution in [2.75, 3.05) is 0 Å². The zero-order valence-electron chi connectivity index (χ0n) is 31.0. The number of pyridine rings is 2.